The SMILES string of the molecule is CC1C(=O)Nc2ccccc2CN1C(=O)Cn1cc(Cl)cn1. The Balaban J connectivity index is 1.85. The molecule has 1 unspecified atom stereocenters. The van der Waals surface area contributed by atoms with Gasteiger partial charge in [0.05, 0.1) is 11.2 Å². The van der Waals surface area contributed by atoms with Crippen LogP contribution in [-0.4, -0.2) is 32.5 Å². The molecule has 0 saturated carbocycles. The summed E-state index contributed by atoms with van der Waals surface area (Å²) in [6.45, 7) is 2.14. The molecule has 0 aliphatic carbocycles. The van der Waals surface area contributed by atoms with Gasteiger partial charge in [-0.25, -0.2) is 0 Å². The van der Waals surface area contributed by atoms with Gasteiger partial charge in [0.2, 0.25) is 11.8 Å². The van der Waals surface area contributed by atoms with Gasteiger partial charge in [-0.2, -0.15) is 5.10 Å². The molecule has 1 N–H and O–H groups in total. The lowest BCUT2D eigenvalue weighted by molar-refractivity contribution is -0.139. The summed E-state index contributed by atoms with van der Waals surface area (Å²) in [7, 11) is 0. The molecule has 0 bridgehead atoms. The average molecular weight is 319 g/mol. The molecule has 3 rings (SSSR count). The predicted molar refractivity (Wildman–Crippen MR) is 82.3 cm³/mol. The van der Waals surface area contributed by atoms with Crippen molar-refractivity contribution in [1.82, 2.24) is 14.7 Å². The zero-order valence-corrected chi connectivity index (χ0v) is 12.7. The van der Waals surface area contributed by atoms with Crippen molar-refractivity contribution in [2.24, 2.45) is 0 Å². The number of para-hydroxylation sites is 1. The van der Waals surface area contributed by atoms with Crippen molar-refractivity contribution < 1.29 is 9.59 Å². The average Bonchev–Trinajstić information content (AvgIpc) is 2.84. The Morgan fingerprint density at radius 3 is 2.95 bits per heavy atom. The van der Waals surface area contributed by atoms with Crippen molar-refractivity contribution in [2.75, 3.05) is 5.32 Å². The second-order valence-electron chi connectivity index (χ2n) is 5.20. The van der Waals surface area contributed by atoms with Gasteiger partial charge < -0.3 is 10.2 Å². The molecule has 114 valence electrons. The smallest absolute Gasteiger partial charge is 0.246 e. The first kappa shape index (κ1) is 14.6. The highest BCUT2D eigenvalue weighted by Crippen LogP contribution is 2.23. The van der Waals surface area contributed by atoms with Crippen molar-refractivity contribution in [2.45, 2.75) is 26.1 Å². The molecule has 1 atom stereocenters. The molecule has 1 aromatic heterocycles. The van der Waals surface area contributed by atoms with E-state index in [-0.39, 0.29) is 18.4 Å². The number of aromatic nitrogens is 2. The van der Waals surface area contributed by atoms with E-state index in [0.717, 1.165) is 11.3 Å². The minimum absolute atomic E-state index is 0.0481. The van der Waals surface area contributed by atoms with Crippen molar-refractivity contribution in [1.29, 1.82) is 0 Å². The maximum absolute atomic E-state index is 12.5. The summed E-state index contributed by atoms with van der Waals surface area (Å²) < 4.78 is 1.46. The summed E-state index contributed by atoms with van der Waals surface area (Å²) in [5, 5.41) is 7.32. The first-order valence-electron chi connectivity index (χ1n) is 6.91. The monoisotopic (exact) mass is 318 g/mol. The third-order valence-electron chi connectivity index (χ3n) is 3.68. The fourth-order valence-electron chi connectivity index (χ4n) is 2.44. The van der Waals surface area contributed by atoms with E-state index in [0.29, 0.717) is 11.6 Å². The quantitative estimate of drug-likeness (QED) is 0.919. The second kappa shape index (κ2) is 5.81. The first-order chi connectivity index (χ1) is 10.5. The lowest BCUT2D eigenvalue weighted by Crippen LogP contribution is -2.44. The van der Waals surface area contributed by atoms with Gasteiger partial charge in [0.1, 0.15) is 12.6 Å². The molecular weight excluding hydrogens is 304 g/mol. The molecule has 2 amide bonds. The number of benzene rings is 1. The van der Waals surface area contributed by atoms with E-state index in [1.54, 1.807) is 18.0 Å². The Morgan fingerprint density at radius 2 is 2.23 bits per heavy atom. The van der Waals surface area contributed by atoms with Crippen LogP contribution >= 0.6 is 11.6 Å². The van der Waals surface area contributed by atoms with E-state index in [2.05, 4.69) is 10.4 Å². The molecular formula is C15H15ClN4O2. The number of anilines is 1. The van der Waals surface area contributed by atoms with E-state index in [9.17, 15) is 9.59 Å². The number of nitrogens with zero attached hydrogens (tertiary/aromatic N) is 3. The third-order valence-corrected chi connectivity index (χ3v) is 3.88. The van der Waals surface area contributed by atoms with E-state index in [4.69, 9.17) is 11.6 Å². The summed E-state index contributed by atoms with van der Waals surface area (Å²) >= 11 is 5.80. The molecule has 1 aliphatic rings. The van der Waals surface area contributed by atoms with Gasteiger partial charge in [-0.3, -0.25) is 14.3 Å². The van der Waals surface area contributed by atoms with Crippen LogP contribution in [0.3, 0.4) is 0 Å². The van der Waals surface area contributed by atoms with Crippen molar-refractivity contribution in [3.63, 3.8) is 0 Å². The van der Waals surface area contributed by atoms with Gasteiger partial charge in [-0.05, 0) is 18.6 Å². The summed E-state index contributed by atoms with van der Waals surface area (Å²) in [4.78, 5) is 26.3. The van der Waals surface area contributed by atoms with Crippen LogP contribution in [0, 0.1) is 0 Å². The highest BCUT2D eigenvalue weighted by atomic mass is 35.5. The molecule has 0 saturated heterocycles. The zero-order valence-electron chi connectivity index (χ0n) is 12.0. The fraction of sp³-hybridized carbons (Fsp3) is 0.267. The highest BCUT2D eigenvalue weighted by Gasteiger charge is 2.30. The van der Waals surface area contributed by atoms with Crippen LogP contribution in [0.5, 0.6) is 0 Å². The minimum Gasteiger partial charge on any atom is -0.325 e. The number of carbonyl (C=O) groups excluding carboxylic acids is 2. The Morgan fingerprint density at radius 1 is 1.45 bits per heavy atom. The van der Waals surface area contributed by atoms with Crippen LogP contribution < -0.4 is 5.32 Å². The van der Waals surface area contributed by atoms with E-state index in [1.165, 1.54) is 10.9 Å². The van der Waals surface area contributed by atoms with Gasteiger partial charge in [0.25, 0.3) is 0 Å². The molecule has 22 heavy (non-hydrogen) atoms. The van der Waals surface area contributed by atoms with Crippen molar-refractivity contribution >= 4 is 29.1 Å². The summed E-state index contributed by atoms with van der Waals surface area (Å²) in [5.41, 5.74) is 1.66. The topological polar surface area (TPSA) is 67.2 Å². The normalized spacial score (nSPS) is 17.6. The van der Waals surface area contributed by atoms with Crippen LogP contribution in [0.2, 0.25) is 5.02 Å². The molecule has 2 heterocycles. The number of halogens is 1. The van der Waals surface area contributed by atoms with Gasteiger partial charge in [-0.1, -0.05) is 29.8 Å². The highest BCUT2D eigenvalue weighted by molar-refractivity contribution is 6.30. The van der Waals surface area contributed by atoms with E-state index >= 15 is 0 Å². The van der Waals surface area contributed by atoms with Crippen LogP contribution in [0.4, 0.5) is 5.69 Å². The number of rotatable bonds is 2. The third kappa shape index (κ3) is 2.82. The van der Waals surface area contributed by atoms with Crippen LogP contribution in [0.1, 0.15) is 12.5 Å². The fourth-order valence-corrected chi connectivity index (χ4v) is 2.59. The van der Waals surface area contributed by atoms with E-state index < -0.39 is 6.04 Å². The molecule has 1 aromatic carbocycles. The van der Waals surface area contributed by atoms with Crippen LogP contribution in [0.15, 0.2) is 36.7 Å². The zero-order chi connectivity index (χ0) is 15.7. The molecule has 2 aromatic rings. The number of hydrogen-bond acceptors (Lipinski definition) is 3. The lowest BCUT2D eigenvalue weighted by Gasteiger charge is -2.25. The summed E-state index contributed by atoms with van der Waals surface area (Å²) in [6, 6.07) is 6.93. The summed E-state index contributed by atoms with van der Waals surface area (Å²) in [6.07, 6.45) is 3.05. The standard InChI is InChI=1S/C15H15ClN4O2/c1-10-15(22)18-13-5-3-2-4-11(13)7-20(10)14(21)9-19-8-12(16)6-17-19/h2-6,8,10H,7,9H2,1H3,(H,18,22). The van der Waals surface area contributed by atoms with Gasteiger partial charge in [0, 0.05) is 18.4 Å². The number of carbonyl (C=O) groups is 2. The molecule has 7 heteroatoms. The predicted octanol–water partition coefficient (Wildman–Crippen LogP) is 1.91. The lowest BCUT2D eigenvalue weighted by atomic mass is 10.1. The van der Waals surface area contributed by atoms with Gasteiger partial charge in [-0.15, -0.1) is 0 Å². The van der Waals surface area contributed by atoms with E-state index in [1.807, 2.05) is 24.3 Å². The number of nitrogens with one attached hydrogen (secondary N) is 1. The number of fused-ring (bicyclic) bond motifs is 1. The maximum Gasteiger partial charge on any atom is 0.246 e. The second-order valence-corrected chi connectivity index (χ2v) is 5.64. The van der Waals surface area contributed by atoms with Crippen LogP contribution in [0.25, 0.3) is 0 Å². The Hall–Kier alpha value is -2.34. The number of hydrogen-bond donors (Lipinski definition) is 1. The van der Waals surface area contributed by atoms with Gasteiger partial charge >= 0.3 is 0 Å². The molecule has 0 spiro atoms. The first-order valence-corrected chi connectivity index (χ1v) is 7.28. The molecule has 1 aliphatic heterocycles. The molecule has 0 radical (unpaired) electrons. The molecule has 0 fully saturated rings. The summed E-state index contributed by atoms with van der Waals surface area (Å²) in [5.74, 6) is -0.379. The van der Waals surface area contributed by atoms with Gasteiger partial charge in [0.15, 0.2) is 0 Å². The van der Waals surface area contributed by atoms with Crippen LogP contribution in [-0.2, 0) is 22.7 Å². The Labute approximate surface area is 132 Å². The minimum atomic E-state index is -0.550. The maximum atomic E-state index is 12.5. The largest absolute Gasteiger partial charge is 0.325 e. The van der Waals surface area contributed by atoms with Crippen molar-refractivity contribution in [3.8, 4) is 0 Å². The Bertz CT molecular complexity index is 728. The molecule has 6 nitrogen and oxygen atoms in total. The number of amides is 2. The van der Waals surface area contributed by atoms with Crippen molar-refractivity contribution in [3.05, 3.63) is 47.2 Å². The Kier molecular flexibility index (Phi) is 3.85.